The molecule has 1 aromatic carbocycles. The van der Waals surface area contributed by atoms with Gasteiger partial charge in [0.05, 0.1) is 7.11 Å². The summed E-state index contributed by atoms with van der Waals surface area (Å²) in [6.07, 6.45) is 0. The molecule has 1 N–H and O–H groups in total. The molecule has 0 aliphatic rings. The highest BCUT2D eigenvalue weighted by molar-refractivity contribution is 7.93. The maximum absolute atomic E-state index is 11.4. The molecule has 0 aliphatic carbocycles. The van der Waals surface area contributed by atoms with E-state index in [9.17, 15) is 13.2 Å². The molecule has 0 fully saturated rings. The second-order valence-corrected chi connectivity index (χ2v) is 4.53. The van der Waals surface area contributed by atoms with Gasteiger partial charge in [-0.2, -0.15) is 0 Å². The normalized spacial score (nSPS) is 10.7. The number of para-hydroxylation sites is 1. The Labute approximate surface area is 88.1 Å². The Morgan fingerprint density at radius 1 is 1.33 bits per heavy atom. The van der Waals surface area contributed by atoms with Crippen molar-refractivity contribution >= 4 is 21.7 Å². The number of esters is 1. The number of carbonyl (C=O) groups is 1. The molecule has 1 rings (SSSR count). The average molecular weight is 229 g/mol. The number of ether oxygens (including phenoxy) is 1. The summed E-state index contributed by atoms with van der Waals surface area (Å²) >= 11 is 0. The molecule has 0 amide bonds. The van der Waals surface area contributed by atoms with Crippen LogP contribution < -0.4 is 4.72 Å². The molecule has 0 spiro atoms. The van der Waals surface area contributed by atoms with Crippen molar-refractivity contribution in [2.24, 2.45) is 0 Å². The van der Waals surface area contributed by atoms with Crippen molar-refractivity contribution in [1.82, 2.24) is 0 Å². The van der Waals surface area contributed by atoms with Gasteiger partial charge in [0.1, 0.15) is 0 Å². The van der Waals surface area contributed by atoms with E-state index >= 15 is 0 Å². The molecule has 0 bridgehead atoms. The number of carbonyl (C=O) groups excluding carboxylic acids is 1. The SMILES string of the molecule is COC(=O)CS(=O)(=O)Nc1ccccc1. The molecule has 5 nitrogen and oxygen atoms in total. The molecule has 1 aromatic rings. The van der Waals surface area contributed by atoms with Crippen molar-refractivity contribution in [3.63, 3.8) is 0 Å². The lowest BCUT2D eigenvalue weighted by Gasteiger charge is -2.06. The van der Waals surface area contributed by atoms with Gasteiger partial charge in [0.25, 0.3) is 0 Å². The van der Waals surface area contributed by atoms with Gasteiger partial charge in [0, 0.05) is 5.69 Å². The van der Waals surface area contributed by atoms with Crippen LogP contribution in [0.4, 0.5) is 5.69 Å². The lowest BCUT2D eigenvalue weighted by Crippen LogP contribution is -2.23. The summed E-state index contributed by atoms with van der Waals surface area (Å²) in [7, 11) is -2.53. The standard InChI is InChI=1S/C9H11NO4S/c1-14-9(11)7-15(12,13)10-8-5-3-2-4-6-8/h2-6,10H,7H2,1H3. The van der Waals surface area contributed by atoms with Crippen LogP contribution in [0.25, 0.3) is 0 Å². The lowest BCUT2D eigenvalue weighted by molar-refractivity contribution is -0.137. The maximum atomic E-state index is 11.4. The monoisotopic (exact) mass is 229 g/mol. The van der Waals surface area contributed by atoms with E-state index in [4.69, 9.17) is 0 Å². The van der Waals surface area contributed by atoms with Crippen LogP contribution in [0.2, 0.25) is 0 Å². The summed E-state index contributed by atoms with van der Waals surface area (Å²) in [5.74, 6) is -1.48. The Balaban J connectivity index is 2.69. The topological polar surface area (TPSA) is 72.5 Å². The van der Waals surface area contributed by atoms with Gasteiger partial charge in [0.15, 0.2) is 5.75 Å². The van der Waals surface area contributed by atoms with Gasteiger partial charge in [-0.15, -0.1) is 0 Å². The van der Waals surface area contributed by atoms with Crippen LogP contribution in [0.5, 0.6) is 0 Å². The first-order chi connectivity index (χ1) is 7.03. The summed E-state index contributed by atoms with van der Waals surface area (Å²) in [4.78, 5) is 10.8. The zero-order valence-electron chi connectivity index (χ0n) is 8.14. The van der Waals surface area contributed by atoms with Crippen molar-refractivity contribution in [3.8, 4) is 0 Å². The third-order valence-electron chi connectivity index (χ3n) is 1.58. The van der Waals surface area contributed by atoms with E-state index < -0.39 is 21.7 Å². The molecule has 0 aliphatic heterocycles. The zero-order chi connectivity index (χ0) is 11.3. The van der Waals surface area contributed by atoms with Crippen molar-refractivity contribution in [2.45, 2.75) is 0 Å². The van der Waals surface area contributed by atoms with Crippen molar-refractivity contribution in [1.29, 1.82) is 0 Å². The zero-order valence-corrected chi connectivity index (χ0v) is 8.95. The largest absolute Gasteiger partial charge is 0.468 e. The van der Waals surface area contributed by atoms with Crippen LogP contribution in [0.3, 0.4) is 0 Å². The summed E-state index contributed by atoms with van der Waals surface area (Å²) < 4.78 is 29.2. The molecule has 0 saturated carbocycles. The number of methoxy groups -OCH3 is 1. The minimum atomic E-state index is -3.67. The fourth-order valence-corrected chi connectivity index (χ4v) is 1.93. The predicted octanol–water partition coefficient (Wildman–Crippen LogP) is 0.601. The van der Waals surface area contributed by atoms with Crippen LogP contribution in [-0.2, 0) is 19.6 Å². The first-order valence-corrected chi connectivity index (χ1v) is 5.81. The van der Waals surface area contributed by atoms with Crippen LogP contribution in [0.1, 0.15) is 0 Å². The van der Waals surface area contributed by atoms with Gasteiger partial charge < -0.3 is 4.74 Å². The van der Waals surface area contributed by atoms with E-state index in [1.807, 2.05) is 0 Å². The molecule has 0 aromatic heterocycles. The third-order valence-corrected chi connectivity index (χ3v) is 2.75. The predicted molar refractivity (Wildman–Crippen MR) is 55.9 cm³/mol. The Morgan fingerprint density at radius 2 is 1.93 bits per heavy atom. The Hall–Kier alpha value is -1.56. The Kier molecular flexibility index (Phi) is 3.68. The van der Waals surface area contributed by atoms with Crippen LogP contribution in [0.15, 0.2) is 30.3 Å². The summed E-state index contributed by atoms with van der Waals surface area (Å²) in [5.41, 5.74) is 0.418. The number of nitrogens with one attached hydrogen (secondary N) is 1. The Morgan fingerprint density at radius 3 is 2.47 bits per heavy atom. The molecular weight excluding hydrogens is 218 g/mol. The number of rotatable bonds is 4. The minimum Gasteiger partial charge on any atom is -0.468 e. The highest BCUT2D eigenvalue weighted by atomic mass is 32.2. The number of hydrogen-bond acceptors (Lipinski definition) is 4. The highest BCUT2D eigenvalue weighted by Crippen LogP contribution is 2.07. The van der Waals surface area contributed by atoms with Gasteiger partial charge in [-0.3, -0.25) is 9.52 Å². The summed E-state index contributed by atoms with van der Waals surface area (Å²) in [6, 6.07) is 8.33. The first-order valence-electron chi connectivity index (χ1n) is 4.16. The lowest BCUT2D eigenvalue weighted by atomic mass is 10.3. The van der Waals surface area contributed by atoms with Crippen LogP contribution in [-0.4, -0.2) is 27.2 Å². The average Bonchev–Trinajstić information content (AvgIpc) is 2.17. The molecule has 0 saturated heterocycles. The quantitative estimate of drug-likeness (QED) is 0.767. The Bertz CT molecular complexity index is 427. The van der Waals surface area contributed by atoms with Gasteiger partial charge in [-0.05, 0) is 12.1 Å². The van der Waals surface area contributed by atoms with Crippen molar-refractivity contribution < 1.29 is 17.9 Å². The highest BCUT2D eigenvalue weighted by Gasteiger charge is 2.16. The smallest absolute Gasteiger partial charge is 0.322 e. The van der Waals surface area contributed by atoms with Crippen LogP contribution in [0, 0.1) is 0 Å². The minimum absolute atomic E-state index is 0.418. The van der Waals surface area contributed by atoms with Gasteiger partial charge in [-0.25, -0.2) is 8.42 Å². The second-order valence-electron chi connectivity index (χ2n) is 2.80. The summed E-state index contributed by atoms with van der Waals surface area (Å²) in [6.45, 7) is 0. The van der Waals surface area contributed by atoms with Gasteiger partial charge >= 0.3 is 5.97 Å². The summed E-state index contributed by atoms with van der Waals surface area (Å²) in [5, 5.41) is 0. The van der Waals surface area contributed by atoms with Gasteiger partial charge in [0.2, 0.25) is 10.0 Å². The second kappa shape index (κ2) is 4.79. The molecule has 0 heterocycles. The maximum Gasteiger partial charge on any atom is 0.322 e. The van der Waals surface area contributed by atoms with E-state index in [1.165, 1.54) is 0 Å². The molecular formula is C9H11NO4S. The van der Waals surface area contributed by atoms with E-state index in [0.717, 1.165) is 7.11 Å². The molecule has 0 atom stereocenters. The van der Waals surface area contributed by atoms with E-state index in [0.29, 0.717) is 5.69 Å². The van der Waals surface area contributed by atoms with Crippen molar-refractivity contribution in [2.75, 3.05) is 17.6 Å². The molecule has 6 heteroatoms. The molecule has 0 unspecified atom stereocenters. The van der Waals surface area contributed by atoms with Gasteiger partial charge in [-0.1, -0.05) is 18.2 Å². The van der Waals surface area contributed by atoms with Crippen molar-refractivity contribution in [3.05, 3.63) is 30.3 Å². The number of benzene rings is 1. The number of sulfonamides is 1. The van der Waals surface area contributed by atoms with E-state index in [1.54, 1.807) is 30.3 Å². The molecule has 0 radical (unpaired) electrons. The molecule has 15 heavy (non-hydrogen) atoms. The van der Waals surface area contributed by atoms with E-state index in [2.05, 4.69) is 9.46 Å². The fourth-order valence-electron chi connectivity index (χ4n) is 0.936. The first kappa shape index (κ1) is 11.5. The van der Waals surface area contributed by atoms with Crippen LogP contribution >= 0.6 is 0 Å². The third kappa shape index (κ3) is 3.99. The van der Waals surface area contributed by atoms with E-state index in [-0.39, 0.29) is 0 Å². The number of hydrogen-bond donors (Lipinski definition) is 1. The number of anilines is 1. The molecule has 82 valence electrons. The fraction of sp³-hybridized carbons (Fsp3) is 0.222.